The number of ketones is 1. The Kier molecular flexibility index (Phi) is 5.21. The molecule has 0 aliphatic carbocycles. The molecule has 0 aliphatic heterocycles. The van der Waals surface area contributed by atoms with Crippen LogP contribution in [0.1, 0.15) is 56.6 Å². The number of hydrogen-bond donors (Lipinski definition) is 0. The number of Topliss-reactive ketones (excluding diaryl/α,β-unsaturated/α-hetero) is 1. The highest BCUT2D eigenvalue weighted by Crippen LogP contribution is 2.12. The lowest BCUT2D eigenvalue weighted by Crippen LogP contribution is -2.24. The van der Waals surface area contributed by atoms with Crippen molar-refractivity contribution in [1.82, 2.24) is 4.98 Å². The molecule has 0 saturated heterocycles. The molecule has 19 heavy (non-hydrogen) atoms. The fourth-order valence-corrected chi connectivity index (χ4v) is 1.55. The van der Waals surface area contributed by atoms with E-state index in [1.54, 1.807) is 19.1 Å². The van der Waals surface area contributed by atoms with Crippen LogP contribution in [0.4, 0.5) is 0 Å². The molecule has 0 aromatic carbocycles. The number of ether oxygens (including phenoxy) is 1. The monoisotopic (exact) mass is 263 g/mol. The molecule has 0 unspecified atom stereocenters. The van der Waals surface area contributed by atoms with Crippen LogP contribution < -0.4 is 0 Å². The Balaban J connectivity index is 2.56. The first-order valence-electron chi connectivity index (χ1n) is 6.45. The Bertz CT molecular complexity index is 443. The Labute approximate surface area is 114 Å². The Morgan fingerprint density at radius 2 is 1.95 bits per heavy atom. The number of hydrogen-bond acceptors (Lipinski definition) is 4. The molecule has 0 fully saturated rings. The van der Waals surface area contributed by atoms with Gasteiger partial charge in [0.05, 0.1) is 5.56 Å². The average molecular weight is 263 g/mol. The molecule has 1 heterocycles. The van der Waals surface area contributed by atoms with Crippen molar-refractivity contribution in [1.29, 1.82) is 0 Å². The van der Waals surface area contributed by atoms with Gasteiger partial charge in [0.15, 0.2) is 0 Å². The zero-order valence-electron chi connectivity index (χ0n) is 12.0. The predicted molar refractivity (Wildman–Crippen MR) is 73.0 cm³/mol. The second kappa shape index (κ2) is 6.45. The lowest BCUT2D eigenvalue weighted by Gasteiger charge is -2.19. The van der Waals surface area contributed by atoms with Gasteiger partial charge in [-0.15, -0.1) is 0 Å². The quantitative estimate of drug-likeness (QED) is 0.766. The van der Waals surface area contributed by atoms with Gasteiger partial charge in [0, 0.05) is 18.3 Å². The minimum absolute atomic E-state index is 0.186. The topological polar surface area (TPSA) is 56.3 Å². The van der Waals surface area contributed by atoms with E-state index in [9.17, 15) is 9.59 Å². The van der Waals surface area contributed by atoms with Gasteiger partial charge in [-0.2, -0.15) is 0 Å². The van der Waals surface area contributed by atoms with Crippen LogP contribution in [0.3, 0.4) is 0 Å². The van der Waals surface area contributed by atoms with Gasteiger partial charge >= 0.3 is 5.97 Å². The average Bonchev–Trinajstić information content (AvgIpc) is 2.27. The maximum Gasteiger partial charge on any atom is 0.340 e. The van der Waals surface area contributed by atoms with Crippen molar-refractivity contribution in [2.24, 2.45) is 0 Å². The Morgan fingerprint density at radius 1 is 1.26 bits per heavy atom. The van der Waals surface area contributed by atoms with E-state index >= 15 is 0 Å². The predicted octanol–water partition coefficient (Wildman–Crippen LogP) is 2.95. The number of aromatic nitrogens is 1. The number of aryl methyl sites for hydroxylation is 1. The van der Waals surface area contributed by atoms with Crippen molar-refractivity contribution in [3.05, 3.63) is 29.6 Å². The molecular formula is C15H21NO3. The third-order valence-corrected chi connectivity index (χ3v) is 2.42. The molecule has 0 spiro atoms. The highest BCUT2D eigenvalue weighted by atomic mass is 16.6. The molecule has 0 atom stereocenters. The van der Waals surface area contributed by atoms with Crippen LogP contribution >= 0.6 is 0 Å². The summed E-state index contributed by atoms with van der Waals surface area (Å²) in [5.74, 6) is -0.180. The largest absolute Gasteiger partial charge is 0.456 e. The number of esters is 1. The number of carbonyl (C=O) groups is 2. The zero-order chi connectivity index (χ0) is 14.5. The molecule has 1 aromatic heterocycles. The van der Waals surface area contributed by atoms with Crippen LogP contribution in [-0.2, 0) is 16.0 Å². The molecule has 0 amide bonds. The maximum atomic E-state index is 11.8. The molecule has 1 rings (SSSR count). The second-order valence-corrected chi connectivity index (χ2v) is 5.60. The number of nitrogens with zero attached hydrogens (tertiary/aromatic N) is 1. The Hall–Kier alpha value is -1.71. The highest BCUT2D eigenvalue weighted by molar-refractivity contribution is 5.89. The maximum absolute atomic E-state index is 11.8. The summed E-state index contributed by atoms with van der Waals surface area (Å²) in [7, 11) is 0. The molecule has 0 aliphatic rings. The second-order valence-electron chi connectivity index (χ2n) is 5.60. The molecular weight excluding hydrogens is 242 g/mol. The fraction of sp³-hybridized carbons (Fsp3) is 0.533. The highest BCUT2D eigenvalue weighted by Gasteiger charge is 2.17. The lowest BCUT2D eigenvalue weighted by molar-refractivity contribution is -0.117. The van der Waals surface area contributed by atoms with Crippen molar-refractivity contribution in [2.75, 3.05) is 0 Å². The van der Waals surface area contributed by atoms with Gasteiger partial charge in [0.2, 0.25) is 0 Å². The van der Waals surface area contributed by atoms with E-state index in [0.717, 1.165) is 18.5 Å². The molecule has 4 nitrogen and oxygen atoms in total. The molecule has 4 heteroatoms. The van der Waals surface area contributed by atoms with Crippen molar-refractivity contribution in [3.63, 3.8) is 0 Å². The summed E-state index contributed by atoms with van der Waals surface area (Å²) in [6.07, 6.45) is 3.62. The standard InChI is InChI=1S/C15H21NO3/c1-11(17)6-5-7-13-9-8-12(10-16-13)14(18)19-15(2,3)4/h8-10H,5-7H2,1-4H3. The number of pyridine rings is 1. The van der Waals surface area contributed by atoms with Crippen molar-refractivity contribution < 1.29 is 14.3 Å². The molecule has 0 saturated carbocycles. The molecule has 104 valence electrons. The van der Waals surface area contributed by atoms with Crippen molar-refractivity contribution in [3.8, 4) is 0 Å². The van der Waals surface area contributed by atoms with E-state index in [0.29, 0.717) is 12.0 Å². The summed E-state index contributed by atoms with van der Waals surface area (Å²) in [6, 6.07) is 3.52. The molecule has 1 aromatic rings. The SMILES string of the molecule is CC(=O)CCCc1ccc(C(=O)OC(C)(C)C)cn1. The van der Waals surface area contributed by atoms with Crippen LogP contribution in [0.2, 0.25) is 0 Å². The van der Waals surface area contributed by atoms with E-state index < -0.39 is 5.60 Å². The normalized spacial score (nSPS) is 11.2. The summed E-state index contributed by atoms with van der Waals surface area (Å²) in [5.41, 5.74) is 0.829. The lowest BCUT2D eigenvalue weighted by atomic mass is 10.1. The fourth-order valence-electron chi connectivity index (χ4n) is 1.55. The van der Waals surface area contributed by atoms with Gasteiger partial charge in [-0.25, -0.2) is 4.79 Å². The van der Waals surface area contributed by atoms with Gasteiger partial charge in [-0.3, -0.25) is 4.98 Å². The summed E-state index contributed by atoms with van der Waals surface area (Å²) in [6.45, 7) is 7.07. The van der Waals surface area contributed by atoms with E-state index in [4.69, 9.17) is 4.74 Å². The first kappa shape index (κ1) is 15.3. The van der Waals surface area contributed by atoms with Crippen LogP contribution in [0.5, 0.6) is 0 Å². The van der Waals surface area contributed by atoms with Crippen LogP contribution in [0, 0.1) is 0 Å². The summed E-state index contributed by atoms with van der Waals surface area (Å²) in [5, 5.41) is 0. The molecule has 0 N–H and O–H groups in total. The number of rotatable bonds is 5. The first-order chi connectivity index (χ1) is 8.78. The van der Waals surface area contributed by atoms with E-state index in [1.807, 2.05) is 20.8 Å². The summed E-state index contributed by atoms with van der Waals surface area (Å²) < 4.78 is 5.25. The van der Waals surface area contributed by atoms with Crippen LogP contribution in [-0.4, -0.2) is 22.3 Å². The van der Waals surface area contributed by atoms with Crippen molar-refractivity contribution in [2.45, 2.75) is 52.6 Å². The van der Waals surface area contributed by atoms with Gasteiger partial charge < -0.3 is 9.53 Å². The van der Waals surface area contributed by atoms with Crippen LogP contribution in [0.25, 0.3) is 0 Å². The van der Waals surface area contributed by atoms with Gasteiger partial charge in [-0.05, 0) is 52.7 Å². The number of carbonyl (C=O) groups excluding carboxylic acids is 2. The zero-order valence-corrected chi connectivity index (χ0v) is 12.0. The smallest absolute Gasteiger partial charge is 0.340 e. The summed E-state index contributed by atoms with van der Waals surface area (Å²) in [4.78, 5) is 26.8. The first-order valence-corrected chi connectivity index (χ1v) is 6.45. The van der Waals surface area contributed by atoms with Gasteiger partial charge in [0.25, 0.3) is 0 Å². The minimum atomic E-state index is -0.503. The summed E-state index contributed by atoms with van der Waals surface area (Å²) >= 11 is 0. The molecule has 0 bridgehead atoms. The third-order valence-electron chi connectivity index (χ3n) is 2.42. The van der Waals surface area contributed by atoms with Gasteiger partial charge in [-0.1, -0.05) is 0 Å². The van der Waals surface area contributed by atoms with Crippen molar-refractivity contribution >= 4 is 11.8 Å². The van der Waals surface area contributed by atoms with E-state index in [-0.39, 0.29) is 11.8 Å². The van der Waals surface area contributed by atoms with Gasteiger partial charge in [0.1, 0.15) is 11.4 Å². The van der Waals surface area contributed by atoms with Crippen LogP contribution in [0.15, 0.2) is 18.3 Å². The molecule has 0 radical (unpaired) electrons. The third kappa shape index (κ3) is 6.13. The Morgan fingerprint density at radius 3 is 2.42 bits per heavy atom. The van der Waals surface area contributed by atoms with E-state index in [1.165, 1.54) is 6.20 Å². The minimum Gasteiger partial charge on any atom is -0.456 e. The van der Waals surface area contributed by atoms with E-state index in [2.05, 4.69) is 4.98 Å².